The molecule has 1 aliphatic heterocycles. The molecule has 1 heterocycles. The number of carboxylic acids is 2. The van der Waals surface area contributed by atoms with Crippen LogP contribution in [0, 0.1) is 5.92 Å². The van der Waals surface area contributed by atoms with E-state index in [9.17, 15) is 49.5 Å². The number of rotatable bonds is 18. The van der Waals surface area contributed by atoms with E-state index in [2.05, 4.69) is 16.0 Å². The van der Waals surface area contributed by atoms with E-state index in [1.54, 1.807) is 0 Å². The molecule has 0 aromatic heterocycles. The lowest BCUT2D eigenvalue weighted by Gasteiger charge is -2.42. The largest absolute Gasteiger partial charge is 0.480 e. The van der Waals surface area contributed by atoms with Crippen molar-refractivity contribution < 1.29 is 68.6 Å². The van der Waals surface area contributed by atoms with E-state index < -0.39 is 91.0 Å². The Morgan fingerprint density at radius 3 is 1.98 bits per heavy atom. The highest BCUT2D eigenvalue weighted by molar-refractivity contribution is 5.91. The van der Waals surface area contributed by atoms with Crippen LogP contribution in [-0.2, 0) is 43.0 Å². The Kier molecular flexibility index (Phi) is 19.5. The molecular weight excluding hydrogens is 594 g/mol. The Hall–Kier alpha value is -3.55. The van der Waals surface area contributed by atoms with E-state index in [0.717, 1.165) is 0 Å². The number of carbonyl (C=O) groups is 5. The van der Waals surface area contributed by atoms with Crippen molar-refractivity contribution in [3.8, 4) is 0 Å². The molecule has 252 valence electrons. The van der Waals surface area contributed by atoms with Crippen molar-refractivity contribution >= 4 is 35.8 Å². The fourth-order valence-corrected chi connectivity index (χ4v) is 4.11. The number of carbonyl (C=O) groups excluding carboxylic acids is 5. The lowest BCUT2D eigenvalue weighted by molar-refractivity contribution is -0.280. The molecule has 1 saturated heterocycles. The fourth-order valence-electron chi connectivity index (χ4n) is 4.11. The second kappa shape index (κ2) is 21.2. The lowest BCUT2D eigenvalue weighted by Crippen LogP contribution is -2.60. The van der Waals surface area contributed by atoms with E-state index in [4.69, 9.17) is 30.5 Å². The first-order valence-electron chi connectivity index (χ1n) is 13.7. The molecule has 1 rings (SSSR count). The third-order valence-electron chi connectivity index (χ3n) is 6.61. The van der Waals surface area contributed by atoms with Gasteiger partial charge in [-0.15, -0.1) is 0 Å². The molecule has 1 aliphatic rings. The summed E-state index contributed by atoms with van der Waals surface area (Å²) in [5.74, 6) is -6.01. The van der Waals surface area contributed by atoms with Crippen LogP contribution in [0.25, 0.3) is 0 Å². The average molecular weight is 638 g/mol. The number of nitrogens with one attached hydrogen (secondary N) is 3. The minimum Gasteiger partial charge on any atom is -0.480 e. The second-order valence-electron chi connectivity index (χ2n) is 9.88. The number of unbranched alkanes of at least 4 members (excludes halogenated alkanes) is 1. The van der Waals surface area contributed by atoms with Gasteiger partial charge in [-0.1, -0.05) is 0 Å². The first-order chi connectivity index (χ1) is 20.7. The Morgan fingerprint density at radius 2 is 1.48 bits per heavy atom. The molecule has 1 fully saturated rings. The zero-order chi connectivity index (χ0) is 34.0. The predicted molar refractivity (Wildman–Crippen MR) is 145 cm³/mol. The van der Waals surface area contributed by atoms with Crippen LogP contribution in [-0.4, -0.2) is 130 Å². The van der Waals surface area contributed by atoms with Gasteiger partial charge in [0.2, 0.25) is 17.7 Å². The number of ether oxygens (including phenoxy) is 2. The van der Waals surface area contributed by atoms with Crippen LogP contribution < -0.4 is 27.4 Å². The van der Waals surface area contributed by atoms with Gasteiger partial charge in [-0.3, -0.25) is 14.4 Å². The average Bonchev–Trinajstić information content (AvgIpc) is 2.96. The molecule has 0 aromatic carbocycles. The topological polar surface area (TPSA) is 327 Å². The van der Waals surface area contributed by atoms with Crippen LogP contribution in [0.3, 0.4) is 0 Å². The van der Waals surface area contributed by atoms with E-state index in [0.29, 0.717) is 19.4 Å². The van der Waals surface area contributed by atoms with Gasteiger partial charge >= 0.3 is 18.1 Å². The molecule has 3 amide bonds. The van der Waals surface area contributed by atoms with Gasteiger partial charge in [0.05, 0.1) is 18.6 Å². The molecule has 0 bridgehead atoms. The second-order valence-corrected chi connectivity index (χ2v) is 9.88. The van der Waals surface area contributed by atoms with Crippen molar-refractivity contribution in [1.82, 2.24) is 16.0 Å². The zero-order valence-electron chi connectivity index (χ0n) is 24.4. The minimum absolute atomic E-state index is 0.152. The Morgan fingerprint density at radius 1 is 0.909 bits per heavy atom. The van der Waals surface area contributed by atoms with Crippen molar-refractivity contribution in [3.63, 3.8) is 0 Å². The summed E-state index contributed by atoms with van der Waals surface area (Å²) >= 11 is 0. The summed E-state index contributed by atoms with van der Waals surface area (Å²) < 4.78 is 10.7. The maximum Gasteiger partial charge on any atom is 0.373 e. The maximum atomic E-state index is 12.7. The standard InChI is InChI=1S/C24H43N5O12.CO2/c1-11(27-21(34)12(2)40-19-13(9-26)24(39)41-16(10-30)18(19)32)20(33)29-15(23(37)38)6-7-17(31)28-14(22(35)36)5-3-4-8-25;2-1-3/h11-16,18-19,24,30,32,39H,3-10,25-26H2,1-2H3,(H,27,34)(H,28,31)(H,29,33)(H,35,36)(H,37,38);/t11-,12+,13-,14-,15+,16?,18?,19+,24?;/m0./s1. The number of aliphatic hydroxyl groups is 3. The van der Waals surface area contributed by atoms with Crippen molar-refractivity contribution in [1.29, 1.82) is 0 Å². The van der Waals surface area contributed by atoms with Gasteiger partial charge < -0.3 is 62.4 Å². The Balaban J connectivity index is 0.00000590. The molecule has 19 nitrogen and oxygen atoms in total. The number of carboxylic acid groups (broad SMARTS) is 2. The Bertz CT molecular complexity index is 979. The molecule has 0 aromatic rings. The third-order valence-corrected chi connectivity index (χ3v) is 6.61. The van der Waals surface area contributed by atoms with E-state index >= 15 is 0 Å². The van der Waals surface area contributed by atoms with E-state index in [1.165, 1.54) is 13.8 Å². The molecule has 44 heavy (non-hydrogen) atoms. The number of hydrogen-bond donors (Lipinski definition) is 10. The molecule has 0 aliphatic carbocycles. The lowest BCUT2D eigenvalue weighted by atomic mass is 9.90. The number of aliphatic hydroxyl groups excluding tert-OH is 3. The van der Waals surface area contributed by atoms with Crippen LogP contribution in [0.15, 0.2) is 0 Å². The number of amides is 3. The molecule has 9 atom stereocenters. The normalized spacial score (nSPS) is 23.8. The predicted octanol–water partition coefficient (Wildman–Crippen LogP) is -4.63. The van der Waals surface area contributed by atoms with Crippen LogP contribution in [0.2, 0.25) is 0 Å². The van der Waals surface area contributed by atoms with Crippen LogP contribution in [0.1, 0.15) is 46.0 Å². The highest BCUT2D eigenvalue weighted by atomic mass is 16.6. The van der Waals surface area contributed by atoms with Crippen molar-refractivity contribution in [2.75, 3.05) is 19.7 Å². The van der Waals surface area contributed by atoms with Gasteiger partial charge in [-0.05, 0) is 46.1 Å². The summed E-state index contributed by atoms with van der Waals surface area (Å²) in [6, 6.07) is -3.92. The quantitative estimate of drug-likeness (QED) is 0.0632. The van der Waals surface area contributed by atoms with Crippen molar-refractivity contribution in [2.24, 2.45) is 17.4 Å². The fraction of sp³-hybridized carbons (Fsp3) is 0.760. The van der Waals surface area contributed by atoms with Crippen molar-refractivity contribution in [2.45, 2.75) is 94.8 Å². The van der Waals surface area contributed by atoms with Crippen molar-refractivity contribution in [3.05, 3.63) is 0 Å². The Labute approximate surface area is 252 Å². The molecule has 0 spiro atoms. The van der Waals surface area contributed by atoms with Crippen LogP contribution in [0.5, 0.6) is 0 Å². The molecule has 12 N–H and O–H groups in total. The highest BCUT2D eigenvalue weighted by Crippen LogP contribution is 2.27. The van der Waals surface area contributed by atoms with Gasteiger partial charge in [0.25, 0.3) is 0 Å². The smallest absolute Gasteiger partial charge is 0.373 e. The van der Waals surface area contributed by atoms with E-state index in [1.807, 2.05) is 0 Å². The molecule has 0 saturated carbocycles. The first kappa shape index (κ1) is 40.4. The molecular formula is C25H43N5O14. The van der Waals surface area contributed by atoms with Gasteiger partial charge in [-0.2, -0.15) is 9.59 Å². The number of hydrogen-bond acceptors (Lipinski definition) is 14. The monoisotopic (exact) mass is 637 g/mol. The van der Waals surface area contributed by atoms with Gasteiger partial charge in [-0.25, -0.2) is 9.59 Å². The first-order valence-corrected chi connectivity index (χ1v) is 13.7. The number of aliphatic carboxylic acids is 2. The SMILES string of the molecule is C[C@H](NC(=O)[C@@H](C)O[C@H]1C(O)C(CO)OC(O)[C@H]1CN)C(=O)N[C@H](CCC(=O)N[C@@H](CCCCN)C(=O)O)C(=O)O.O=C=O. The summed E-state index contributed by atoms with van der Waals surface area (Å²) in [5.41, 5.74) is 11.0. The van der Waals surface area contributed by atoms with Crippen LogP contribution in [0.4, 0.5) is 0 Å². The van der Waals surface area contributed by atoms with Crippen LogP contribution >= 0.6 is 0 Å². The molecule has 3 unspecified atom stereocenters. The summed E-state index contributed by atoms with van der Waals surface area (Å²) in [6.45, 7) is 2.16. The highest BCUT2D eigenvalue weighted by Gasteiger charge is 2.45. The zero-order valence-corrected chi connectivity index (χ0v) is 24.4. The molecule has 19 heteroatoms. The van der Waals surface area contributed by atoms with Gasteiger partial charge in [0.15, 0.2) is 6.29 Å². The summed E-state index contributed by atoms with van der Waals surface area (Å²) in [6.07, 6.45) is -5.81. The van der Waals surface area contributed by atoms with E-state index in [-0.39, 0.29) is 32.0 Å². The maximum absolute atomic E-state index is 12.7. The number of nitrogens with two attached hydrogens (primary N) is 2. The summed E-state index contributed by atoms with van der Waals surface area (Å²) in [5, 5.41) is 55.5. The van der Waals surface area contributed by atoms with Gasteiger partial charge in [0, 0.05) is 13.0 Å². The molecule has 0 radical (unpaired) electrons. The third kappa shape index (κ3) is 13.8. The summed E-state index contributed by atoms with van der Waals surface area (Å²) in [7, 11) is 0. The summed E-state index contributed by atoms with van der Waals surface area (Å²) in [4.78, 5) is 76.7. The van der Waals surface area contributed by atoms with Gasteiger partial charge in [0.1, 0.15) is 36.4 Å². The minimum atomic E-state index is -1.51.